The Hall–Kier alpha value is -0.650. The van der Waals surface area contributed by atoms with Crippen molar-refractivity contribution in [3.05, 3.63) is 0 Å². The maximum absolute atomic E-state index is 12.4. The number of hydrogen-bond donors (Lipinski definition) is 3. The Labute approximate surface area is 225 Å². The number of hydrogen-bond acceptors (Lipinski definition) is 5. The minimum Gasteiger partial charge on any atom is -0.466 e. The summed E-state index contributed by atoms with van der Waals surface area (Å²) in [6.07, 6.45) is 12.0. The van der Waals surface area contributed by atoms with Crippen LogP contribution in [-0.2, 0) is 9.53 Å². The number of carbonyl (C=O) groups excluding carboxylic acids is 1. The molecule has 0 amide bonds. The molecule has 0 radical (unpaired) electrons. The van der Waals surface area contributed by atoms with Crippen LogP contribution in [0.15, 0.2) is 0 Å². The molecule has 3 N–H and O–H groups in total. The molecule has 0 spiro atoms. The average molecular weight is 519 g/mol. The van der Waals surface area contributed by atoms with E-state index in [9.17, 15) is 20.1 Å². The lowest BCUT2D eigenvalue weighted by molar-refractivity contribution is -0.203. The summed E-state index contributed by atoms with van der Waals surface area (Å²) < 4.78 is 5.65. The lowest BCUT2D eigenvalue weighted by Crippen LogP contribution is -2.62. The fourth-order valence-electron chi connectivity index (χ4n) is 11.0. The van der Waals surface area contributed by atoms with Crippen molar-refractivity contribution < 1.29 is 24.9 Å². The molecule has 0 aliphatic heterocycles. The van der Waals surface area contributed by atoms with Crippen LogP contribution in [0.2, 0.25) is 0 Å². The molecule has 13 atom stereocenters. The molecule has 5 aliphatic carbocycles. The monoisotopic (exact) mass is 518 g/mol. The van der Waals surface area contributed by atoms with Gasteiger partial charge in [-0.05, 0) is 122 Å². The zero-order valence-electron chi connectivity index (χ0n) is 23.9. The smallest absolute Gasteiger partial charge is 0.306 e. The summed E-state index contributed by atoms with van der Waals surface area (Å²) in [5, 5.41) is 32.4. The van der Waals surface area contributed by atoms with Crippen LogP contribution in [0.5, 0.6) is 0 Å². The van der Waals surface area contributed by atoms with Crippen LogP contribution in [0.3, 0.4) is 0 Å². The van der Waals surface area contributed by atoms with Crippen LogP contribution in [-0.4, -0.2) is 46.2 Å². The number of ether oxygens (including phenoxy) is 1. The average Bonchev–Trinajstić information content (AvgIpc) is 3.42. The molecule has 5 aliphatic rings. The van der Waals surface area contributed by atoms with E-state index < -0.39 is 0 Å². The van der Waals surface area contributed by atoms with E-state index in [4.69, 9.17) is 4.74 Å². The molecule has 0 heterocycles. The third kappa shape index (κ3) is 4.82. The van der Waals surface area contributed by atoms with Gasteiger partial charge in [-0.1, -0.05) is 40.5 Å². The second-order valence-electron chi connectivity index (χ2n) is 14.6. The van der Waals surface area contributed by atoms with Crippen LogP contribution in [0.25, 0.3) is 0 Å². The second kappa shape index (κ2) is 10.7. The largest absolute Gasteiger partial charge is 0.466 e. The van der Waals surface area contributed by atoms with Gasteiger partial charge >= 0.3 is 5.97 Å². The highest BCUT2D eigenvalue weighted by molar-refractivity contribution is 5.69. The maximum Gasteiger partial charge on any atom is 0.306 e. The Balaban J connectivity index is 1.23. The van der Waals surface area contributed by atoms with Crippen LogP contribution in [0.4, 0.5) is 0 Å². The van der Waals surface area contributed by atoms with Gasteiger partial charge in [-0.25, -0.2) is 0 Å². The van der Waals surface area contributed by atoms with Gasteiger partial charge in [0.1, 0.15) is 0 Å². The molecule has 0 aromatic heterocycles. The summed E-state index contributed by atoms with van der Waals surface area (Å²) >= 11 is 0. The van der Waals surface area contributed by atoms with E-state index >= 15 is 0 Å². The minimum atomic E-state index is -0.337. The fourth-order valence-corrected chi connectivity index (χ4v) is 11.0. The molecule has 0 aromatic carbocycles. The summed E-state index contributed by atoms with van der Waals surface area (Å²) in [5.74, 6) is 3.31. The number of esters is 1. The van der Waals surface area contributed by atoms with Gasteiger partial charge in [0.2, 0.25) is 0 Å². The molecule has 0 saturated heterocycles. The first-order chi connectivity index (χ1) is 17.6. The zero-order chi connectivity index (χ0) is 26.5. The van der Waals surface area contributed by atoms with Crippen LogP contribution >= 0.6 is 0 Å². The van der Waals surface area contributed by atoms with Gasteiger partial charge in [0.15, 0.2) is 0 Å². The lowest BCUT2D eigenvalue weighted by Gasteiger charge is -2.64. The molecule has 5 saturated carbocycles. The number of aliphatic hydroxyl groups excluding tert-OH is 3. The predicted octanol–water partition coefficient (Wildman–Crippen LogP) is 5.73. The Morgan fingerprint density at radius 3 is 2.38 bits per heavy atom. The van der Waals surface area contributed by atoms with E-state index in [-0.39, 0.29) is 41.0 Å². The van der Waals surface area contributed by atoms with E-state index in [1.807, 2.05) is 0 Å². The summed E-state index contributed by atoms with van der Waals surface area (Å²) in [6.45, 7) is 10.1. The van der Waals surface area contributed by atoms with Crippen molar-refractivity contribution in [2.45, 2.75) is 129 Å². The molecule has 37 heavy (non-hydrogen) atoms. The highest BCUT2D eigenvalue weighted by Gasteiger charge is 2.64. The van der Waals surface area contributed by atoms with Crippen molar-refractivity contribution in [3.8, 4) is 0 Å². The van der Waals surface area contributed by atoms with Gasteiger partial charge in [-0.15, -0.1) is 0 Å². The van der Waals surface area contributed by atoms with Crippen molar-refractivity contribution in [1.82, 2.24) is 0 Å². The van der Waals surface area contributed by atoms with Crippen molar-refractivity contribution in [3.63, 3.8) is 0 Å². The molecule has 0 bridgehead atoms. The molecule has 5 fully saturated rings. The minimum absolute atomic E-state index is 0.0809. The fraction of sp³-hybridized carbons (Fsp3) is 0.969. The normalized spacial score (nSPS) is 50.1. The summed E-state index contributed by atoms with van der Waals surface area (Å²) in [7, 11) is 0. The maximum atomic E-state index is 12.4. The third-order valence-corrected chi connectivity index (χ3v) is 13.0. The highest BCUT2D eigenvalue weighted by atomic mass is 16.5. The SMILES string of the molecule is CC[C@H]1[C@@H](O)[C@@H]2[C@H](CC[C@]3(C)[C@@H]([C@H](C)CCOC(=O)C[C@H]4CCC[C@@H]4O)CC[C@@H]23)[C@@]2(C)CC[C@@H](O)C[C@@H]12. The van der Waals surface area contributed by atoms with Gasteiger partial charge < -0.3 is 20.1 Å². The van der Waals surface area contributed by atoms with Gasteiger partial charge in [-0.2, -0.15) is 0 Å². The van der Waals surface area contributed by atoms with Crippen LogP contribution in [0, 0.1) is 58.2 Å². The first kappa shape index (κ1) is 27.9. The first-order valence-electron chi connectivity index (χ1n) is 15.8. The lowest BCUT2D eigenvalue weighted by atomic mass is 9.41. The molecule has 5 nitrogen and oxygen atoms in total. The third-order valence-electron chi connectivity index (χ3n) is 13.0. The van der Waals surface area contributed by atoms with E-state index in [0.717, 1.165) is 51.4 Å². The van der Waals surface area contributed by atoms with E-state index in [2.05, 4.69) is 27.7 Å². The van der Waals surface area contributed by atoms with Crippen molar-refractivity contribution in [1.29, 1.82) is 0 Å². The van der Waals surface area contributed by atoms with Crippen molar-refractivity contribution >= 4 is 5.97 Å². The van der Waals surface area contributed by atoms with E-state index in [1.165, 1.54) is 25.7 Å². The Bertz CT molecular complexity index is 815. The number of rotatable bonds is 7. The number of aliphatic hydroxyl groups is 3. The van der Waals surface area contributed by atoms with Crippen molar-refractivity contribution in [2.24, 2.45) is 58.2 Å². The first-order valence-corrected chi connectivity index (χ1v) is 15.8. The van der Waals surface area contributed by atoms with Gasteiger partial charge in [0.05, 0.1) is 31.3 Å². The Morgan fingerprint density at radius 2 is 1.68 bits per heavy atom. The zero-order valence-corrected chi connectivity index (χ0v) is 23.9. The molecular formula is C32H54O5. The van der Waals surface area contributed by atoms with E-state index in [0.29, 0.717) is 54.5 Å². The summed E-state index contributed by atoms with van der Waals surface area (Å²) in [5.41, 5.74) is 0.491. The Morgan fingerprint density at radius 1 is 0.946 bits per heavy atom. The summed E-state index contributed by atoms with van der Waals surface area (Å²) in [6, 6.07) is 0. The highest BCUT2D eigenvalue weighted by Crippen LogP contribution is 2.69. The molecule has 0 unspecified atom stereocenters. The molecule has 212 valence electrons. The number of carbonyl (C=O) groups is 1. The van der Waals surface area contributed by atoms with E-state index in [1.54, 1.807) is 0 Å². The van der Waals surface area contributed by atoms with Crippen LogP contribution < -0.4 is 0 Å². The van der Waals surface area contributed by atoms with Crippen LogP contribution in [0.1, 0.15) is 111 Å². The Kier molecular flexibility index (Phi) is 8.09. The predicted molar refractivity (Wildman–Crippen MR) is 144 cm³/mol. The topological polar surface area (TPSA) is 87.0 Å². The van der Waals surface area contributed by atoms with Crippen molar-refractivity contribution in [2.75, 3.05) is 6.61 Å². The molecular weight excluding hydrogens is 464 g/mol. The van der Waals surface area contributed by atoms with Gasteiger partial charge in [0, 0.05) is 0 Å². The molecule has 5 rings (SSSR count). The second-order valence-corrected chi connectivity index (χ2v) is 14.6. The number of fused-ring (bicyclic) bond motifs is 5. The van der Waals surface area contributed by atoms with Gasteiger partial charge in [-0.3, -0.25) is 4.79 Å². The molecule has 0 aromatic rings. The molecule has 5 heteroatoms. The quantitative estimate of drug-likeness (QED) is 0.375. The van der Waals surface area contributed by atoms with Gasteiger partial charge in [0.25, 0.3) is 0 Å². The summed E-state index contributed by atoms with van der Waals surface area (Å²) in [4.78, 5) is 12.4. The standard InChI is InChI=1S/C32H54O5/c1-5-22-26-18-21(33)11-14-32(26,4)25-12-15-31(3)23(9-10-24(31)29(25)30(22)36)19(2)13-16-37-28(35)17-20-7-6-8-27(20)34/h19-27,29-30,33-34,36H,5-18H2,1-4H3/t19-,20-,21-,22-,23-,24+,25+,26+,27+,29+,30-,31-,32-/m1/s1.